The molecular weight excluding hydrogens is 188 g/mol. The van der Waals surface area contributed by atoms with Crippen LogP contribution in [0.4, 0.5) is 0 Å². The second-order valence-corrected chi connectivity index (χ2v) is 5.12. The summed E-state index contributed by atoms with van der Waals surface area (Å²) in [4.78, 5) is 15.4. The first-order chi connectivity index (χ1) is 7.00. The Labute approximate surface area is 93.4 Å². The van der Waals surface area contributed by atoms with Gasteiger partial charge in [-0.2, -0.15) is 0 Å². The van der Waals surface area contributed by atoms with E-state index in [4.69, 9.17) is 0 Å². The van der Waals surface area contributed by atoms with E-state index in [0.717, 1.165) is 5.92 Å². The van der Waals surface area contributed by atoms with E-state index in [2.05, 4.69) is 18.9 Å². The third kappa shape index (κ3) is 3.82. The predicted molar refractivity (Wildman–Crippen MR) is 62.7 cm³/mol. The highest BCUT2D eigenvalue weighted by Gasteiger charge is 2.23. The third-order valence-electron chi connectivity index (χ3n) is 3.49. The van der Waals surface area contributed by atoms with E-state index in [1.54, 1.807) is 4.90 Å². The summed E-state index contributed by atoms with van der Waals surface area (Å²) in [5, 5.41) is 0. The lowest BCUT2D eigenvalue weighted by Crippen LogP contribution is -2.41. The first kappa shape index (κ1) is 12.5. The molecule has 0 aromatic carbocycles. The Kier molecular flexibility index (Phi) is 4.58. The van der Waals surface area contributed by atoms with Crippen molar-refractivity contribution in [3.8, 4) is 0 Å². The molecule has 1 fully saturated rings. The molecular formula is C12H24N2O. The van der Waals surface area contributed by atoms with Crippen LogP contribution in [0.2, 0.25) is 0 Å². The Morgan fingerprint density at radius 2 is 1.67 bits per heavy atom. The number of carbonyl (C=O) groups is 1. The molecule has 0 N–H and O–H groups in total. The molecule has 0 unspecified atom stereocenters. The highest BCUT2D eigenvalue weighted by molar-refractivity contribution is 5.77. The first-order valence-corrected chi connectivity index (χ1v) is 5.91. The Bertz CT molecular complexity index is 208. The van der Waals surface area contributed by atoms with Crippen LogP contribution >= 0.6 is 0 Å². The average molecular weight is 212 g/mol. The molecule has 0 aromatic rings. The summed E-state index contributed by atoms with van der Waals surface area (Å²) in [6.07, 6.45) is 5.12. The summed E-state index contributed by atoms with van der Waals surface area (Å²) in [6, 6.07) is 0.616. The second-order valence-electron chi connectivity index (χ2n) is 5.12. The topological polar surface area (TPSA) is 23.6 Å². The van der Waals surface area contributed by atoms with Crippen molar-refractivity contribution in [1.29, 1.82) is 0 Å². The van der Waals surface area contributed by atoms with Crippen LogP contribution in [0.5, 0.6) is 0 Å². The molecule has 0 aliphatic heterocycles. The maximum absolute atomic E-state index is 11.5. The van der Waals surface area contributed by atoms with Crippen LogP contribution < -0.4 is 0 Å². The fourth-order valence-corrected chi connectivity index (χ4v) is 2.17. The van der Waals surface area contributed by atoms with Crippen molar-refractivity contribution in [2.24, 2.45) is 5.92 Å². The molecule has 0 aromatic heterocycles. The van der Waals surface area contributed by atoms with Gasteiger partial charge in [0.15, 0.2) is 0 Å². The van der Waals surface area contributed by atoms with Gasteiger partial charge in [-0.3, -0.25) is 9.69 Å². The minimum atomic E-state index is 0.205. The number of hydrogen-bond acceptors (Lipinski definition) is 2. The first-order valence-electron chi connectivity index (χ1n) is 5.91. The number of hydrogen-bond donors (Lipinski definition) is 0. The van der Waals surface area contributed by atoms with Gasteiger partial charge in [-0.25, -0.2) is 0 Å². The van der Waals surface area contributed by atoms with Gasteiger partial charge in [0.1, 0.15) is 0 Å². The number of amides is 1. The van der Waals surface area contributed by atoms with Gasteiger partial charge in [-0.1, -0.05) is 6.92 Å². The number of carbonyl (C=O) groups excluding carboxylic acids is 1. The maximum Gasteiger partial charge on any atom is 0.236 e. The van der Waals surface area contributed by atoms with Gasteiger partial charge in [0, 0.05) is 20.1 Å². The smallest absolute Gasteiger partial charge is 0.236 e. The van der Waals surface area contributed by atoms with E-state index in [9.17, 15) is 4.79 Å². The number of likely N-dealkylation sites (N-methyl/N-ethyl adjacent to an activating group) is 2. The van der Waals surface area contributed by atoms with Gasteiger partial charge in [0.25, 0.3) is 0 Å². The quantitative estimate of drug-likeness (QED) is 0.709. The molecule has 0 saturated heterocycles. The predicted octanol–water partition coefficient (Wildman–Crippen LogP) is 1.59. The summed E-state index contributed by atoms with van der Waals surface area (Å²) in [5.41, 5.74) is 0. The van der Waals surface area contributed by atoms with Crippen molar-refractivity contribution in [1.82, 2.24) is 9.80 Å². The van der Waals surface area contributed by atoms with E-state index in [1.165, 1.54) is 25.7 Å². The van der Waals surface area contributed by atoms with E-state index >= 15 is 0 Å². The lowest BCUT2D eigenvalue weighted by molar-refractivity contribution is -0.130. The molecule has 3 nitrogen and oxygen atoms in total. The maximum atomic E-state index is 11.5. The standard InChI is InChI=1S/C12H24N2O/c1-10-5-7-11(8-6-10)14(4)9-12(15)13(2)3/h10-11H,5-9H2,1-4H3/t10-,11-. The second kappa shape index (κ2) is 5.50. The molecule has 0 atom stereocenters. The van der Waals surface area contributed by atoms with Gasteiger partial charge in [0.05, 0.1) is 6.54 Å². The highest BCUT2D eigenvalue weighted by Crippen LogP contribution is 2.26. The summed E-state index contributed by atoms with van der Waals surface area (Å²) < 4.78 is 0. The summed E-state index contributed by atoms with van der Waals surface area (Å²) in [6.45, 7) is 2.88. The van der Waals surface area contributed by atoms with Crippen molar-refractivity contribution in [3.63, 3.8) is 0 Å². The van der Waals surface area contributed by atoms with Crippen molar-refractivity contribution >= 4 is 5.91 Å². The van der Waals surface area contributed by atoms with Crippen LogP contribution in [0.1, 0.15) is 32.6 Å². The molecule has 0 bridgehead atoms. The van der Waals surface area contributed by atoms with Crippen molar-refractivity contribution in [2.75, 3.05) is 27.7 Å². The fourth-order valence-electron chi connectivity index (χ4n) is 2.17. The Balaban J connectivity index is 2.34. The Hall–Kier alpha value is -0.570. The molecule has 1 aliphatic carbocycles. The largest absolute Gasteiger partial charge is 0.348 e. The molecule has 3 heteroatoms. The Morgan fingerprint density at radius 1 is 1.13 bits per heavy atom. The number of nitrogens with zero attached hydrogens (tertiary/aromatic N) is 2. The summed E-state index contributed by atoms with van der Waals surface area (Å²) in [5.74, 6) is 1.08. The zero-order valence-corrected chi connectivity index (χ0v) is 10.5. The van der Waals surface area contributed by atoms with E-state index < -0.39 is 0 Å². The minimum Gasteiger partial charge on any atom is -0.348 e. The molecule has 0 radical (unpaired) electrons. The molecule has 88 valence electrons. The van der Waals surface area contributed by atoms with E-state index in [1.807, 2.05) is 14.1 Å². The van der Waals surface area contributed by atoms with Gasteiger partial charge < -0.3 is 4.90 Å². The van der Waals surface area contributed by atoms with Crippen LogP contribution in [0.25, 0.3) is 0 Å². The van der Waals surface area contributed by atoms with Crippen LogP contribution in [0.15, 0.2) is 0 Å². The zero-order valence-electron chi connectivity index (χ0n) is 10.5. The molecule has 1 aliphatic rings. The monoisotopic (exact) mass is 212 g/mol. The Morgan fingerprint density at radius 3 is 2.13 bits per heavy atom. The van der Waals surface area contributed by atoms with Gasteiger partial charge in [-0.05, 0) is 38.6 Å². The zero-order chi connectivity index (χ0) is 11.4. The van der Waals surface area contributed by atoms with Crippen molar-refractivity contribution < 1.29 is 4.79 Å². The third-order valence-corrected chi connectivity index (χ3v) is 3.49. The molecule has 15 heavy (non-hydrogen) atoms. The molecule has 1 rings (SSSR count). The van der Waals surface area contributed by atoms with E-state index in [0.29, 0.717) is 12.6 Å². The lowest BCUT2D eigenvalue weighted by atomic mass is 9.87. The SMILES string of the molecule is CN(C)C(=O)CN(C)[C@H]1CC[C@H](C)CC1. The molecule has 1 amide bonds. The molecule has 0 heterocycles. The normalized spacial score (nSPS) is 26.7. The fraction of sp³-hybridized carbons (Fsp3) is 0.917. The van der Waals surface area contributed by atoms with Gasteiger partial charge >= 0.3 is 0 Å². The average Bonchev–Trinajstić information content (AvgIpc) is 2.18. The van der Waals surface area contributed by atoms with Crippen molar-refractivity contribution in [2.45, 2.75) is 38.6 Å². The molecule has 1 saturated carbocycles. The lowest BCUT2D eigenvalue weighted by Gasteiger charge is -2.33. The van der Waals surface area contributed by atoms with Crippen LogP contribution in [-0.4, -0.2) is 49.4 Å². The summed E-state index contributed by atoms with van der Waals surface area (Å²) >= 11 is 0. The van der Waals surface area contributed by atoms with Crippen LogP contribution in [-0.2, 0) is 4.79 Å². The highest BCUT2D eigenvalue weighted by atomic mass is 16.2. The van der Waals surface area contributed by atoms with E-state index in [-0.39, 0.29) is 5.91 Å². The summed E-state index contributed by atoms with van der Waals surface area (Å²) in [7, 11) is 5.71. The van der Waals surface area contributed by atoms with Crippen LogP contribution in [0.3, 0.4) is 0 Å². The van der Waals surface area contributed by atoms with Crippen molar-refractivity contribution in [3.05, 3.63) is 0 Å². The van der Waals surface area contributed by atoms with Crippen LogP contribution in [0, 0.1) is 5.92 Å². The van der Waals surface area contributed by atoms with Gasteiger partial charge in [-0.15, -0.1) is 0 Å². The molecule has 0 spiro atoms. The minimum absolute atomic E-state index is 0.205. The van der Waals surface area contributed by atoms with Gasteiger partial charge in [0.2, 0.25) is 5.91 Å². The number of rotatable bonds is 3.